The van der Waals surface area contributed by atoms with Crippen molar-refractivity contribution in [3.63, 3.8) is 0 Å². The zero-order valence-electron chi connectivity index (χ0n) is 44.6. The van der Waals surface area contributed by atoms with E-state index in [-0.39, 0.29) is 45.0 Å². The lowest BCUT2D eigenvalue weighted by Crippen LogP contribution is -2.35. The summed E-state index contributed by atoms with van der Waals surface area (Å²) in [6, 6.07) is 82.1. The maximum absolute atomic E-state index is 15.3. The smallest absolute Gasteiger partial charge is 0.338 e. The molecule has 10 aromatic rings. The second-order valence-corrected chi connectivity index (χ2v) is 19.5. The van der Waals surface area contributed by atoms with Crippen molar-refractivity contribution in [2.45, 2.75) is 64.9 Å². The molecule has 10 aromatic carbocycles. The molecule has 404 valence electrons. The van der Waals surface area contributed by atoms with Crippen LogP contribution in [-0.4, -0.2) is 12.1 Å². The minimum absolute atomic E-state index is 0.180. The highest BCUT2D eigenvalue weighted by atomic mass is 16.6. The van der Waals surface area contributed by atoms with E-state index in [0.717, 1.165) is 38.9 Å². The zero-order chi connectivity index (χ0) is 54.8. The first-order chi connectivity index (χ1) is 40.0. The normalized spacial score (nSPS) is 13.4. The highest BCUT2D eigenvalue weighted by Crippen LogP contribution is 2.47. The van der Waals surface area contributed by atoms with Crippen molar-refractivity contribution >= 4 is 5.97 Å². The van der Waals surface area contributed by atoms with Gasteiger partial charge in [-0.3, -0.25) is 0 Å². The second-order valence-electron chi connectivity index (χ2n) is 19.5. The van der Waals surface area contributed by atoms with Gasteiger partial charge < -0.3 is 42.6 Å². The van der Waals surface area contributed by atoms with Crippen LogP contribution in [0.1, 0.15) is 66.5 Å². The number of fused-ring (bicyclic) bond motifs is 1. The van der Waals surface area contributed by atoms with Crippen LogP contribution >= 0.6 is 0 Å². The van der Waals surface area contributed by atoms with Crippen molar-refractivity contribution in [1.82, 2.24) is 0 Å². The highest BCUT2D eigenvalue weighted by molar-refractivity contribution is 5.91. The minimum Gasteiger partial charge on any atom is -0.489 e. The number of carbonyl (C=O) groups excluding carboxylic acids is 1. The van der Waals surface area contributed by atoms with Gasteiger partial charge in [-0.25, -0.2) is 4.79 Å². The number of hydrogen-bond donors (Lipinski definition) is 0. The molecule has 0 unspecified atom stereocenters. The summed E-state index contributed by atoms with van der Waals surface area (Å²) in [4.78, 5) is 15.3. The summed E-state index contributed by atoms with van der Waals surface area (Å²) >= 11 is 0. The fraction of sp³-hybridized carbons (Fsp3) is 0.141. The lowest BCUT2D eigenvalue weighted by molar-refractivity contribution is -0.0190. The number of rotatable bonds is 24. The van der Waals surface area contributed by atoms with Crippen LogP contribution in [0.15, 0.2) is 255 Å². The van der Waals surface area contributed by atoms with E-state index < -0.39 is 18.2 Å². The van der Waals surface area contributed by atoms with E-state index >= 15 is 4.79 Å². The first kappa shape index (κ1) is 53.1. The van der Waals surface area contributed by atoms with Gasteiger partial charge in [0.05, 0.1) is 5.56 Å². The molecule has 0 N–H and O–H groups in total. The Hall–Kier alpha value is -9.93. The van der Waals surface area contributed by atoms with Gasteiger partial charge in [0.1, 0.15) is 69.6 Å². The van der Waals surface area contributed by atoms with Gasteiger partial charge in [0, 0.05) is 29.7 Å². The SMILES string of the molecule is O=C(O[C@@H]1Cc2c(OCc3ccccc3)cc(OCc3ccccc3)cc2O[C@@H]1c1ccc(OCc2ccccc2)c(OCc2ccccc2)c1)c1cc(OCc2ccccc2)c(OCc2ccccc2)c(OCc2ccccc2)c1. The van der Waals surface area contributed by atoms with Crippen molar-refractivity contribution < 1.29 is 47.4 Å². The second kappa shape index (κ2) is 26.6. The molecule has 1 heterocycles. The predicted octanol–water partition coefficient (Wildman–Crippen LogP) is 15.6. The molecule has 0 amide bonds. The molecule has 0 saturated heterocycles. The van der Waals surface area contributed by atoms with Crippen LogP contribution in [0, 0.1) is 0 Å². The molecule has 0 fully saturated rings. The summed E-state index contributed by atoms with van der Waals surface area (Å²) in [6.07, 6.45) is -1.59. The molecular formula is C71H60O10. The average molecular weight is 1070 g/mol. The van der Waals surface area contributed by atoms with Gasteiger partial charge in [-0.1, -0.05) is 218 Å². The fourth-order valence-corrected chi connectivity index (χ4v) is 9.36. The number of carbonyl (C=O) groups is 1. The molecule has 0 aliphatic carbocycles. The Morgan fingerprint density at radius 3 is 1.16 bits per heavy atom. The summed E-state index contributed by atoms with van der Waals surface area (Å²) in [5.74, 6) is 2.94. The molecule has 81 heavy (non-hydrogen) atoms. The zero-order valence-corrected chi connectivity index (χ0v) is 44.6. The van der Waals surface area contributed by atoms with Crippen molar-refractivity contribution in [2.75, 3.05) is 0 Å². The van der Waals surface area contributed by atoms with Crippen LogP contribution in [-0.2, 0) is 57.4 Å². The Morgan fingerprint density at radius 2 is 0.728 bits per heavy atom. The Bertz CT molecular complexity index is 3520. The first-order valence-electron chi connectivity index (χ1n) is 27.1. The lowest BCUT2D eigenvalue weighted by Gasteiger charge is -2.35. The monoisotopic (exact) mass is 1070 g/mol. The number of benzene rings is 10. The number of esters is 1. The predicted molar refractivity (Wildman–Crippen MR) is 311 cm³/mol. The van der Waals surface area contributed by atoms with Crippen LogP contribution < -0.4 is 37.9 Å². The third kappa shape index (κ3) is 14.4. The molecule has 1 aliphatic rings. The summed E-state index contributed by atoms with van der Waals surface area (Å²) in [5.41, 5.74) is 8.32. The molecule has 0 bridgehead atoms. The van der Waals surface area contributed by atoms with Crippen molar-refractivity contribution in [3.8, 4) is 46.0 Å². The molecular weight excluding hydrogens is 1010 g/mol. The Morgan fingerprint density at radius 1 is 0.358 bits per heavy atom. The van der Waals surface area contributed by atoms with Gasteiger partial charge in [0.25, 0.3) is 0 Å². The summed E-state index contributed by atoms with van der Waals surface area (Å²) in [7, 11) is 0. The summed E-state index contributed by atoms with van der Waals surface area (Å²) in [6.45, 7) is 1.78. The van der Waals surface area contributed by atoms with Crippen molar-refractivity contribution in [2.24, 2.45) is 0 Å². The standard InChI is InChI=1S/C71H60O10/c72-71(59-39-66(77-48-55-30-16-5-17-31-55)70(79-50-57-34-20-7-21-35-57)67(40-59)78-49-56-32-18-6-19-33-56)81-68-43-61-63(75-46-53-26-12-3-13-27-53)41-60(73-44-51-22-8-1-9-23-51)42-64(61)80-69(68)58-36-37-62(74-45-52-24-10-2-11-25-52)65(38-58)76-47-54-28-14-4-15-29-54/h1-42,68-69H,43-50H2/t68-,69-/m1/s1. The fourth-order valence-electron chi connectivity index (χ4n) is 9.36. The van der Waals surface area contributed by atoms with Gasteiger partial charge in [-0.2, -0.15) is 0 Å². The highest BCUT2D eigenvalue weighted by Gasteiger charge is 2.38. The van der Waals surface area contributed by atoms with Gasteiger partial charge in [-0.05, 0) is 63.2 Å². The van der Waals surface area contributed by atoms with Crippen LogP contribution in [0.5, 0.6) is 46.0 Å². The maximum Gasteiger partial charge on any atom is 0.338 e. The number of ether oxygens (including phenoxy) is 9. The lowest BCUT2D eigenvalue weighted by atomic mass is 9.93. The first-order valence-corrected chi connectivity index (χ1v) is 27.1. The Balaban J connectivity index is 0.985. The summed E-state index contributed by atoms with van der Waals surface area (Å²) in [5, 5.41) is 0. The van der Waals surface area contributed by atoms with Crippen molar-refractivity contribution in [1.29, 1.82) is 0 Å². The van der Waals surface area contributed by atoms with E-state index in [1.807, 2.05) is 243 Å². The van der Waals surface area contributed by atoms with Gasteiger partial charge in [0.15, 0.2) is 29.1 Å². The molecule has 11 rings (SSSR count). The summed E-state index contributed by atoms with van der Waals surface area (Å²) < 4.78 is 60.0. The average Bonchev–Trinajstić information content (AvgIpc) is 3.59. The van der Waals surface area contributed by atoms with Gasteiger partial charge >= 0.3 is 5.97 Å². The molecule has 10 nitrogen and oxygen atoms in total. The van der Waals surface area contributed by atoms with E-state index in [1.165, 1.54) is 0 Å². The van der Waals surface area contributed by atoms with E-state index in [0.29, 0.717) is 70.3 Å². The topological polar surface area (TPSA) is 100 Å². The number of hydrogen-bond acceptors (Lipinski definition) is 10. The molecule has 0 radical (unpaired) electrons. The largest absolute Gasteiger partial charge is 0.489 e. The molecule has 0 spiro atoms. The van der Waals surface area contributed by atoms with E-state index in [1.54, 1.807) is 12.1 Å². The van der Waals surface area contributed by atoms with Crippen LogP contribution in [0.3, 0.4) is 0 Å². The molecule has 2 atom stereocenters. The van der Waals surface area contributed by atoms with E-state index in [2.05, 4.69) is 0 Å². The van der Waals surface area contributed by atoms with Crippen LogP contribution in [0.4, 0.5) is 0 Å². The molecule has 10 heteroatoms. The van der Waals surface area contributed by atoms with E-state index in [4.69, 9.17) is 42.6 Å². The van der Waals surface area contributed by atoms with Gasteiger partial charge in [-0.15, -0.1) is 0 Å². The van der Waals surface area contributed by atoms with Crippen LogP contribution in [0.25, 0.3) is 0 Å². The maximum atomic E-state index is 15.3. The Labute approximate surface area is 472 Å². The van der Waals surface area contributed by atoms with E-state index in [9.17, 15) is 0 Å². The quantitative estimate of drug-likeness (QED) is 0.0544. The third-order valence-corrected chi connectivity index (χ3v) is 13.6. The third-order valence-electron chi connectivity index (χ3n) is 13.6. The van der Waals surface area contributed by atoms with Gasteiger partial charge in [0.2, 0.25) is 5.75 Å². The Kier molecular flexibility index (Phi) is 17.4. The molecule has 1 aliphatic heterocycles. The van der Waals surface area contributed by atoms with Crippen molar-refractivity contribution in [3.05, 3.63) is 310 Å². The minimum atomic E-state index is -0.922. The molecule has 0 aromatic heterocycles. The molecule has 0 saturated carbocycles. The van der Waals surface area contributed by atoms with Crippen LogP contribution in [0.2, 0.25) is 0 Å².